The quantitative estimate of drug-likeness (QED) is 0.246. The van der Waals surface area contributed by atoms with Crippen molar-refractivity contribution in [2.24, 2.45) is 0 Å². The number of hydrogen-bond donors (Lipinski definition) is 0. The number of carbonyl (C=O) groups excluding carboxylic acids is 1. The molecule has 3 aromatic carbocycles. The third kappa shape index (κ3) is 3.53. The van der Waals surface area contributed by atoms with Crippen LogP contribution in [0.4, 0.5) is 0 Å². The lowest BCUT2D eigenvalue weighted by Crippen LogP contribution is -2.08. The Hall–Kier alpha value is -2.35. The lowest BCUT2D eigenvalue weighted by Gasteiger charge is -2.12. The summed E-state index contributed by atoms with van der Waals surface area (Å²) in [6.45, 7) is 2.17. The minimum atomic E-state index is -0.136. The van der Waals surface area contributed by atoms with Crippen molar-refractivity contribution in [1.29, 1.82) is 0 Å². The molecule has 0 heterocycles. The zero-order valence-electron chi connectivity index (χ0n) is 13.5. The van der Waals surface area contributed by atoms with Gasteiger partial charge >= 0.3 is 5.97 Å². The fourth-order valence-electron chi connectivity index (χ4n) is 2.94. The second-order valence-corrected chi connectivity index (χ2v) is 5.93. The van der Waals surface area contributed by atoms with Crippen LogP contribution in [0.5, 0.6) is 5.75 Å². The van der Waals surface area contributed by atoms with Crippen molar-refractivity contribution in [1.82, 2.24) is 0 Å². The molecule has 3 aromatic rings. The van der Waals surface area contributed by atoms with Gasteiger partial charge in [-0.05, 0) is 23.3 Å². The van der Waals surface area contributed by atoms with E-state index in [4.69, 9.17) is 4.74 Å². The molecule has 23 heavy (non-hydrogen) atoms. The van der Waals surface area contributed by atoms with E-state index in [0.717, 1.165) is 34.4 Å². The second kappa shape index (κ2) is 7.28. The third-order valence-electron chi connectivity index (χ3n) is 4.17. The Labute approximate surface area is 137 Å². The van der Waals surface area contributed by atoms with Crippen LogP contribution < -0.4 is 4.74 Å². The molecule has 2 heteroatoms. The van der Waals surface area contributed by atoms with Crippen molar-refractivity contribution in [3.63, 3.8) is 0 Å². The van der Waals surface area contributed by atoms with Gasteiger partial charge in [0.1, 0.15) is 5.75 Å². The van der Waals surface area contributed by atoms with Crippen molar-refractivity contribution in [3.05, 3.63) is 54.6 Å². The summed E-state index contributed by atoms with van der Waals surface area (Å²) in [6.07, 6.45) is 4.81. The molecule has 0 bridgehead atoms. The average Bonchev–Trinajstić information content (AvgIpc) is 2.58. The Morgan fingerprint density at radius 2 is 1.48 bits per heavy atom. The molecule has 0 amide bonds. The summed E-state index contributed by atoms with van der Waals surface area (Å²) < 4.78 is 5.78. The van der Waals surface area contributed by atoms with Gasteiger partial charge in [0.15, 0.2) is 0 Å². The molecule has 0 radical (unpaired) electrons. The highest BCUT2D eigenvalue weighted by Gasteiger charge is 2.12. The van der Waals surface area contributed by atoms with Crippen molar-refractivity contribution in [2.75, 3.05) is 0 Å². The minimum absolute atomic E-state index is 0.136. The van der Waals surface area contributed by atoms with E-state index < -0.39 is 0 Å². The van der Waals surface area contributed by atoms with Gasteiger partial charge in [0, 0.05) is 17.2 Å². The Morgan fingerprint density at radius 3 is 2.09 bits per heavy atom. The van der Waals surface area contributed by atoms with E-state index in [1.54, 1.807) is 0 Å². The summed E-state index contributed by atoms with van der Waals surface area (Å²) in [5.74, 6) is 0.557. The van der Waals surface area contributed by atoms with Crippen molar-refractivity contribution >= 4 is 27.5 Å². The predicted molar refractivity (Wildman–Crippen MR) is 95.8 cm³/mol. The Balaban J connectivity index is 1.92. The smallest absolute Gasteiger partial charge is 0.311 e. The fourth-order valence-corrected chi connectivity index (χ4v) is 2.94. The SMILES string of the molecule is CCCCCCC(=O)Oc1c2ccccc2cc2ccccc12. The van der Waals surface area contributed by atoms with Crippen molar-refractivity contribution < 1.29 is 9.53 Å². The summed E-state index contributed by atoms with van der Waals surface area (Å²) in [4.78, 5) is 12.2. The first-order valence-corrected chi connectivity index (χ1v) is 8.41. The van der Waals surface area contributed by atoms with Crippen LogP contribution in [0.25, 0.3) is 21.5 Å². The van der Waals surface area contributed by atoms with Crippen LogP contribution >= 0.6 is 0 Å². The monoisotopic (exact) mass is 306 g/mol. The Bertz CT molecular complexity index is 766. The number of esters is 1. The normalized spacial score (nSPS) is 11.0. The zero-order valence-corrected chi connectivity index (χ0v) is 13.5. The maximum atomic E-state index is 12.2. The van der Waals surface area contributed by atoms with Gasteiger partial charge in [-0.15, -0.1) is 0 Å². The number of rotatable bonds is 6. The van der Waals surface area contributed by atoms with Gasteiger partial charge in [0.2, 0.25) is 0 Å². The van der Waals surface area contributed by atoms with E-state index in [9.17, 15) is 4.79 Å². The fraction of sp³-hybridized carbons (Fsp3) is 0.286. The van der Waals surface area contributed by atoms with Gasteiger partial charge in [-0.25, -0.2) is 0 Å². The van der Waals surface area contributed by atoms with Gasteiger partial charge < -0.3 is 4.74 Å². The maximum Gasteiger partial charge on any atom is 0.311 e. The highest BCUT2D eigenvalue weighted by atomic mass is 16.5. The Kier molecular flexibility index (Phi) is 4.92. The molecule has 2 nitrogen and oxygen atoms in total. The standard InChI is InChI=1S/C21H22O2/c1-2-3-4-5-14-20(22)23-21-18-12-8-6-10-16(18)15-17-11-7-9-13-19(17)21/h6-13,15H,2-5,14H2,1H3. The first-order chi connectivity index (χ1) is 11.3. The number of carbonyl (C=O) groups is 1. The molecule has 0 fully saturated rings. The van der Waals surface area contributed by atoms with E-state index in [0.29, 0.717) is 12.2 Å². The molecule has 0 atom stereocenters. The van der Waals surface area contributed by atoms with Crippen molar-refractivity contribution in [2.45, 2.75) is 39.0 Å². The number of ether oxygens (including phenoxy) is 1. The van der Waals surface area contributed by atoms with E-state index in [2.05, 4.69) is 25.1 Å². The molecule has 0 unspecified atom stereocenters. The van der Waals surface area contributed by atoms with E-state index >= 15 is 0 Å². The summed E-state index contributed by atoms with van der Waals surface area (Å²) >= 11 is 0. The zero-order chi connectivity index (χ0) is 16.1. The number of hydrogen-bond acceptors (Lipinski definition) is 2. The van der Waals surface area contributed by atoms with Crippen LogP contribution in [0, 0.1) is 0 Å². The molecule has 0 aliphatic rings. The van der Waals surface area contributed by atoms with E-state index in [1.165, 1.54) is 12.8 Å². The van der Waals surface area contributed by atoms with Crippen LogP contribution in [0.3, 0.4) is 0 Å². The second-order valence-electron chi connectivity index (χ2n) is 5.93. The largest absolute Gasteiger partial charge is 0.425 e. The summed E-state index contributed by atoms with van der Waals surface area (Å²) in [7, 11) is 0. The van der Waals surface area contributed by atoms with Crippen LogP contribution in [0.15, 0.2) is 54.6 Å². The highest BCUT2D eigenvalue weighted by molar-refractivity contribution is 6.06. The molecule has 0 spiro atoms. The first-order valence-electron chi connectivity index (χ1n) is 8.41. The third-order valence-corrected chi connectivity index (χ3v) is 4.17. The van der Waals surface area contributed by atoms with Crippen LogP contribution in [-0.2, 0) is 4.79 Å². The average molecular weight is 306 g/mol. The summed E-state index contributed by atoms with van der Waals surface area (Å²) in [5, 5.41) is 4.18. The molecular formula is C21H22O2. The van der Waals surface area contributed by atoms with Crippen molar-refractivity contribution in [3.8, 4) is 5.75 Å². The topological polar surface area (TPSA) is 26.3 Å². The first kappa shape index (κ1) is 15.5. The molecule has 0 aromatic heterocycles. The lowest BCUT2D eigenvalue weighted by molar-refractivity contribution is -0.134. The molecule has 0 aliphatic heterocycles. The molecule has 0 N–H and O–H groups in total. The van der Waals surface area contributed by atoms with Crippen LogP contribution in [-0.4, -0.2) is 5.97 Å². The lowest BCUT2D eigenvalue weighted by atomic mass is 10.0. The number of unbranched alkanes of at least 4 members (excludes halogenated alkanes) is 3. The Morgan fingerprint density at radius 1 is 0.870 bits per heavy atom. The summed E-state index contributed by atoms with van der Waals surface area (Å²) in [6, 6.07) is 18.3. The maximum absolute atomic E-state index is 12.2. The van der Waals surface area contributed by atoms with Gasteiger partial charge in [0.25, 0.3) is 0 Å². The summed E-state index contributed by atoms with van der Waals surface area (Å²) in [5.41, 5.74) is 0. The van der Waals surface area contributed by atoms with Gasteiger partial charge in [0.05, 0.1) is 0 Å². The van der Waals surface area contributed by atoms with Gasteiger partial charge in [-0.2, -0.15) is 0 Å². The van der Waals surface area contributed by atoms with E-state index in [1.807, 2.05) is 36.4 Å². The molecule has 0 saturated heterocycles. The van der Waals surface area contributed by atoms with Gasteiger partial charge in [-0.3, -0.25) is 4.79 Å². The van der Waals surface area contributed by atoms with Crippen LogP contribution in [0.1, 0.15) is 39.0 Å². The predicted octanol–water partition coefficient (Wildman–Crippen LogP) is 5.87. The highest BCUT2D eigenvalue weighted by Crippen LogP contribution is 2.35. The van der Waals surface area contributed by atoms with Crippen LogP contribution in [0.2, 0.25) is 0 Å². The number of fused-ring (bicyclic) bond motifs is 2. The van der Waals surface area contributed by atoms with E-state index in [-0.39, 0.29) is 5.97 Å². The molecule has 0 aliphatic carbocycles. The minimum Gasteiger partial charge on any atom is -0.425 e. The molecule has 0 saturated carbocycles. The van der Waals surface area contributed by atoms with Gasteiger partial charge in [-0.1, -0.05) is 74.7 Å². The molecular weight excluding hydrogens is 284 g/mol. The molecule has 118 valence electrons. The number of benzene rings is 3. The molecule has 3 rings (SSSR count).